The largest absolute Gasteiger partial charge is 0.375 e. The first-order chi connectivity index (χ1) is 8.33. The van der Waals surface area contributed by atoms with Gasteiger partial charge in [-0.05, 0) is 13.0 Å². The van der Waals surface area contributed by atoms with Crippen molar-refractivity contribution in [1.29, 1.82) is 0 Å². The average Bonchev–Trinajstić information content (AvgIpc) is 2.97. The zero-order chi connectivity index (χ0) is 11.7. The zero-order valence-corrected chi connectivity index (χ0v) is 10.3. The predicted octanol–water partition coefficient (Wildman–Crippen LogP) is 0.764. The first-order valence-corrected chi connectivity index (χ1v) is 6.72. The molecule has 92 valence electrons. The van der Waals surface area contributed by atoms with E-state index in [-0.39, 0.29) is 11.8 Å². The minimum absolute atomic E-state index is 0.0852. The summed E-state index contributed by atoms with van der Waals surface area (Å²) in [7, 11) is 0. The number of fused-ring (bicyclic) bond motifs is 1. The number of carbonyl (C=O) groups is 1. The Morgan fingerprint density at radius 2 is 2.53 bits per heavy atom. The maximum atomic E-state index is 11.9. The van der Waals surface area contributed by atoms with Gasteiger partial charge in [0.25, 0.3) is 0 Å². The van der Waals surface area contributed by atoms with Gasteiger partial charge in [-0.25, -0.2) is 4.98 Å². The molecule has 3 heterocycles. The fourth-order valence-electron chi connectivity index (χ4n) is 2.16. The molecule has 2 aliphatic rings. The Balaban J connectivity index is 1.68. The Morgan fingerprint density at radius 3 is 3.29 bits per heavy atom. The van der Waals surface area contributed by atoms with Crippen molar-refractivity contribution >= 4 is 22.4 Å². The molecule has 1 aromatic rings. The molecule has 1 saturated heterocycles. The van der Waals surface area contributed by atoms with Crippen LogP contribution in [0.25, 0.3) is 0 Å². The predicted molar refractivity (Wildman–Crippen MR) is 65.1 cm³/mol. The van der Waals surface area contributed by atoms with E-state index in [4.69, 9.17) is 4.74 Å². The van der Waals surface area contributed by atoms with Crippen molar-refractivity contribution in [2.24, 2.45) is 5.92 Å². The van der Waals surface area contributed by atoms with Gasteiger partial charge in [-0.3, -0.25) is 4.79 Å². The lowest BCUT2D eigenvalue weighted by molar-refractivity contribution is -0.119. The number of hydrogen-bond acceptors (Lipinski definition) is 5. The maximum Gasteiger partial charge on any atom is 0.230 e. The monoisotopic (exact) mass is 253 g/mol. The normalized spacial score (nSPS) is 23.4. The van der Waals surface area contributed by atoms with E-state index in [0.717, 1.165) is 48.2 Å². The van der Waals surface area contributed by atoms with Gasteiger partial charge < -0.3 is 15.4 Å². The minimum Gasteiger partial charge on any atom is -0.375 e. The summed E-state index contributed by atoms with van der Waals surface area (Å²) < 4.78 is 5.36. The second-order valence-corrected chi connectivity index (χ2v) is 5.45. The molecule has 0 saturated carbocycles. The quantitative estimate of drug-likeness (QED) is 0.817. The number of nitrogens with zero attached hydrogens (tertiary/aromatic N) is 1. The number of hydrogen-bond donors (Lipinski definition) is 2. The van der Waals surface area contributed by atoms with Crippen molar-refractivity contribution in [2.45, 2.75) is 19.4 Å². The summed E-state index contributed by atoms with van der Waals surface area (Å²) in [5, 5.41) is 6.82. The molecule has 5 nitrogen and oxygen atoms in total. The molecular formula is C11H15N3O2S. The molecule has 3 rings (SSSR count). The zero-order valence-electron chi connectivity index (χ0n) is 9.49. The topological polar surface area (TPSA) is 63.2 Å². The van der Waals surface area contributed by atoms with E-state index in [1.165, 1.54) is 11.3 Å². The number of thiazole rings is 1. The van der Waals surface area contributed by atoms with Gasteiger partial charge in [0.1, 0.15) is 0 Å². The summed E-state index contributed by atoms with van der Waals surface area (Å²) in [6.45, 7) is 3.07. The van der Waals surface area contributed by atoms with Crippen LogP contribution in [0.15, 0.2) is 0 Å². The number of aromatic nitrogens is 1. The molecule has 0 aromatic carbocycles. The Bertz CT molecular complexity index is 403. The summed E-state index contributed by atoms with van der Waals surface area (Å²) in [6.07, 6.45) is 1.77. The van der Waals surface area contributed by atoms with Gasteiger partial charge in [-0.2, -0.15) is 0 Å². The highest BCUT2D eigenvalue weighted by atomic mass is 32.1. The van der Waals surface area contributed by atoms with E-state index in [1.807, 2.05) is 0 Å². The molecule has 0 aliphatic carbocycles. The van der Waals surface area contributed by atoms with Crippen LogP contribution in [0.3, 0.4) is 0 Å². The fourth-order valence-corrected chi connectivity index (χ4v) is 3.11. The molecule has 1 fully saturated rings. The number of rotatable bonds is 2. The number of carbonyl (C=O) groups excluding carboxylic acids is 1. The molecule has 1 aromatic heterocycles. The number of amides is 1. The second kappa shape index (κ2) is 4.72. The van der Waals surface area contributed by atoms with Crippen LogP contribution in [-0.2, 0) is 22.6 Å². The standard InChI is InChI=1S/C11H15N3O2S/c15-10(7-1-3-12-5-7)14-11-13-8-2-4-16-6-9(8)17-11/h7,12H,1-6H2,(H,13,14,15). The molecule has 0 bridgehead atoms. The van der Waals surface area contributed by atoms with Crippen molar-refractivity contribution in [3.63, 3.8) is 0 Å². The van der Waals surface area contributed by atoms with E-state index in [9.17, 15) is 4.79 Å². The summed E-state index contributed by atoms with van der Waals surface area (Å²) >= 11 is 1.53. The molecule has 2 aliphatic heterocycles. The smallest absolute Gasteiger partial charge is 0.230 e. The average molecular weight is 253 g/mol. The van der Waals surface area contributed by atoms with Crippen LogP contribution in [0.5, 0.6) is 0 Å². The first kappa shape index (κ1) is 11.1. The van der Waals surface area contributed by atoms with Crippen LogP contribution in [0.1, 0.15) is 17.0 Å². The van der Waals surface area contributed by atoms with E-state index < -0.39 is 0 Å². The third-order valence-electron chi connectivity index (χ3n) is 3.16. The van der Waals surface area contributed by atoms with Gasteiger partial charge >= 0.3 is 0 Å². The van der Waals surface area contributed by atoms with Gasteiger partial charge in [0, 0.05) is 13.0 Å². The molecular weight excluding hydrogens is 238 g/mol. The summed E-state index contributed by atoms with van der Waals surface area (Å²) in [5.74, 6) is 0.175. The van der Waals surface area contributed by atoms with Gasteiger partial charge in [-0.15, -0.1) is 0 Å². The van der Waals surface area contributed by atoms with Gasteiger partial charge in [0.15, 0.2) is 5.13 Å². The SMILES string of the molecule is O=C(Nc1nc2c(s1)COCC2)C1CCNC1. The Hall–Kier alpha value is -0.980. The maximum absolute atomic E-state index is 11.9. The van der Waals surface area contributed by atoms with Crippen molar-refractivity contribution in [3.05, 3.63) is 10.6 Å². The lowest BCUT2D eigenvalue weighted by Crippen LogP contribution is -2.24. The molecule has 0 spiro atoms. The van der Waals surface area contributed by atoms with Gasteiger partial charge in [0.2, 0.25) is 5.91 Å². The van der Waals surface area contributed by atoms with Crippen molar-refractivity contribution in [1.82, 2.24) is 10.3 Å². The third kappa shape index (κ3) is 2.34. The molecule has 1 amide bonds. The molecule has 1 atom stereocenters. The fraction of sp³-hybridized carbons (Fsp3) is 0.636. The second-order valence-electron chi connectivity index (χ2n) is 4.37. The Kier molecular flexibility index (Phi) is 3.09. The van der Waals surface area contributed by atoms with Crippen molar-refractivity contribution in [3.8, 4) is 0 Å². The number of ether oxygens (including phenoxy) is 1. The van der Waals surface area contributed by atoms with Crippen LogP contribution in [0, 0.1) is 5.92 Å². The molecule has 1 unspecified atom stereocenters. The highest BCUT2D eigenvalue weighted by Gasteiger charge is 2.24. The van der Waals surface area contributed by atoms with E-state index in [1.54, 1.807) is 0 Å². The lowest BCUT2D eigenvalue weighted by Gasteiger charge is -2.08. The third-order valence-corrected chi connectivity index (χ3v) is 4.14. The van der Waals surface area contributed by atoms with Crippen LogP contribution >= 0.6 is 11.3 Å². The number of anilines is 1. The molecule has 0 radical (unpaired) electrons. The van der Waals surface area contributed by atoms with E-state index in [0.29, 0.717) is 6.61 Å². The summed E-state index contributed by atoms with van der Waals surface area (Å²) in [5.41, 5.74) is 1.08. The minimum atomic E-state index is 0.0852. The van der Waals surface area contributed by atoms with E-state index in [2.05, 4.69) is 15.6 Å². The number of nitrogens with one attached hydrogen (secondary N) is 2. The van der Waals surface area contributed by atoms with Crippen molar-refractivity contribution < 1.29 is 9.53 Å². The van der Waals surface area contributed by atoms with Crippen LogP contribution in [0.4, 0.5) is 5.13 Å². The Morgan fingerprint density at radius 1 is 1.59 bits per heavy atom. The Labute approximate surface area is 104 Å². The molecule has 2 N–H and O–H groups in total. The summed E-state index contributed by atoms with van der Waals surface area (Å²) in [6, 6.07) is 0. The van der Waals surface area contributed by atoms with Crippen molar-refractivity contribution in [2.75, 3.05) is 25.0 Å². The van der Waals surface area contributed by atoms with Crippen LogP contribution in [0.2, 0.25) is 0 Å². The highest BCUT2D eigenvalue weighted by molar-refractivity contribution is 7.15. The summed E-state index contributed by atoms with van der Waals surface area (Å²) in [4.78, 5) is 17.5. The molecule has 6 heteroatoms. The highest BCUT2D eigenvalue weighted by Crippen LogP contribution is 2.27. The van der Waals surface area contributed by atoms with Crippen LogP contribution in [-0.4, -0.2) is 30.6 Å². The van der Waals surface area contributed by atoms with Gasteiger partial charge in [0.05, 0.1) is 29.7 Å². The van der Waals surface area contributed by atoms with E-state index >= 15 is 0 Å². The molecule has 17 heavy (non-hydrogen) atoms. The lowest BCUT2D eigenvalue weighted by atomic mass is 10.1. The van der Waals surface area contributed by atoms with Crippen LogP contribution < -0.4 is 10.6 Å². The first-order valence-electron chi connectivity index (χ1n) is 5.91. The van der Waals surface area contributed by atoms with Gasteiger partial charge in [-0.1, -0.05) is 11.3 Å².